The Labute approximate surface area is 162 Å². The van der Waals surface area contributed by atoms with Gasteiger partial charge in [-0.1, -0.05) is 13.3 Å². The summed E-state index contributed by atoms with van der Waals surface area (Å²) in [5.41, 5.74) is 0.711. The Kier molecular flexibility index (Phi) is 9.11. The number of aryl methyl sites for hydroxylation is 1. The van der Waals surface area contributed by atoms with Gasteiger partial charge >= 0.3 is 0 Å². The number of rotatable bonds is 11. The van der Waals surface area contributed by atoms with Gasteiger partial charge in [0.05, 0.1) is 11.4 Å². The molecule has 0 aliphatic rings. The first-order chi connectivity index (χ1) is 12.5. The van der Waals surface area contributed by atoms with Crippen LogP contribution in [0.2, 0.25) is 0 Å². The van der Waals surface area contributed by atoms with Gasteiger partial charge in [0.25, 0.3) is 0 Å². The average Bonchev–Trinajstić information content (AvgIpc) is 2.53. The molecule has 0 unspecified atom stereocenters. The molecule has 0 atom stereocenters. The van der Waals surface area contributed by atoms with E-state index in [9.17, 15) is 13.2 Å². The molecule has 0 aliphatic heterocycles. The summed E-state index contributed by atoms with van der Waals surface area (Å²) in [5.74, 6) is 0.460. The lowest BCUT2D eigenvalue weighted by molar-refractivity contribution is -0.116. The third kappa shape index (κ3) is 8.66. The van der Waals surface area contributed by atoms with Crippen molar-refractivity contribution in [3.63, 3.8) is 0 Å². The van der Waals surface area contributed by atoms with Crippen LogP contribution in [-0.4, -0.2) is 42.2 Å². The number of ether oxygens (including phenoxy) is 1. The van der Waals surface area contributed by atoms with Crippen LogP contribution in [0.25, 0.3) is 0 Å². The van der Waals surface area contributed by atoms with Crippen LogP contribution < -0.4 is 14.8 Å². The van der Waals surface area contributed by atoms with Crippen molar-refractivity contribution in [2.24, 2.45) is 0 Å². The van der Waals surface area contributed by atoms with Crippen LogP contribution in [0.1, 0.15) is 65.5 Å². The number of nitrogens with one attached hydrogen (secondary N) is 2. The highest BCUT2D eigenvalue weighted by Gasteiger charge is 2.27. The van der Waals surface area contributed by atoms with Crippen LogP contribution in [0.4, 0.5) is 5.95 Å². The van der Waals surface area contributed by atoms with Crippen molar-refractivity contribution in [1.29, 1.82) is 0 Å². The van der Waals surface area contributed by atoms with E-state index in [4.69, 9.17) is 4.74 Å². The largest absolute Gasteiger partial charge is 0.478 e. The van der Waals surface area contributed by atoms with E-state index in [0.29, 0.717) is 37.6 Å². The Bertz CT molecular complexity index is 715. The second kappa shape index (κ2) is 10.6. The lowest BCUT2D eigenvalue weighted by Crippen LogP contribution is -2.39. The molecule has 0 bridgehead atoms. The fraction of sp³-hybridized carbons (Fsp3) is 0.722. The second-order valence-corrected chi connectivity index (χ2v) is 9.91. The summed E-state index contributed by atoms with van der Waals surface area (Å²) in [7, 11) is -3.35. The van der Waals surface area contributed by atoms with E-state index in [0.717, 1.165) is 12.8 Å². The maximum Gasteiger partial charge on any atom is 0.232 e. The van der Waals surface area contributed by atoms with Crippen LogP contribution in [0.3, 0.4) is 0 Å². The molecule has 0 saturated carbocycles. The minimum atomic E-state index is -3.35. The molecule has 0 spiro atoms. The molecular formula is C18H32N4O4S. The average molecular weight is 401 g/mol. The van der Waals surface area contributed by atoms with Crippen molar-refractivity contribution >= 4 is 21.9 Å². The molecule has 1 aromatic rings. The summed E-state index contributed by atoms with van der Waals surface area (Å²) in [4.78, 5) is 20.4. The van der Waals surface area contributed by atoms with Crippen molar-refractivity contribution in [3.05, 3.63) is 11.8 Å². The fourth-order valence-corrected chi connectivity index (χ4v) is 2.86. The van der Waals surface area contributed by atoms with Gasteiger partial charge in [-0.15, -0.1) is 0 Å². The molecule has 1 heterocycles. The van der Waals surface area contributed by atoms with Crippen LogP contribution >= 0.6 is 0 Å². The van der Waals surface area contributed by atoms with Gasteiger partial charge in [0.15, 0.2) is 0 Å². The lowest BCUT2D eigenvalue weighted by atomic mass is 10.2. The topological polar surface area (TPSA) is 110 Å². The quantitative estimate of drug-likeness (QED) is 0.553. The third-order valence-corrected chi connectivity index (χ3v) is 5.96. The fourth-order valence-electron chi connectivity index (χ4n) is 2.01. The zero-order valence-electron chi connectivity index (χ0n) is 17.0. The molecule has 0 saturated heterocycles. The molecule has 0 aliphatic carbocycles. The predicted molar refractivity (Wildman–Crippen MR) is 106 cm³/mol. The number of amides is 1. The molecular weight excluding hydrogens is 368 g/mol. The molecule has 1 aromatic heterocycles. The van der Waals surface area contributed by atoms with E-state index in [1.165, 1.54) is 0 Å². The molecule has 0 fully saturated rings. The minimum absolute atomic E-state index is 0.209. The molecule has 0 radical (unpaired) electrons. The van der Waals surface area contributed by atoms with Gasteiger partial charge in [-0.2, -0.15) is 4.98 Å². The standard InChI is InChI=1S/C18H32N4O4S/c1-6-7-12-26-16-13-14(2)20-17(22-16)21-15(23)10-8-9-11-19-27(24,25)18(3,4)5/h13,19H,6-12H2,1-5H3,(H,20,21,22,23). The van der Waals surface area contributed by atoms with E-state index >= 15 is 0 Å². The van der Waals surface area contributed by atoms with E-state index in [1.807, 2.05) is 6.92 Å². The van der Waals surface area contributed by atoms with Crippen molar-refractivity contribution < 1.29 is 17.9 Å². The molecule has 1 rings (SSSR count). The van der Waals surface area contributed by atoms with Crippen LogP contribution in [-0.2, 0) is 14.8 Å². The van der Waals surface area contributed by atoms with Gasteiger partial charge in [0.2, 0.25) is 27.8 Å². The zero-order chi connectivity index (χ0) is 20.5. The molecule has 9 heteroatoms. The number of hydrogen-bond donors (Lipinski definition) is 2. The van der Waals surface area contributed by atoms with Crippen molar-refractivity contribution in [3.8, 4) is 5.88 Å². The Hall–Kier alpha value is -1.74. The first kappa shape index (κ1) is 23.3. The molecule has 154 valence electrons. The molecule has 8 nitrogen and oxygen atoms in total. The van der Waals surface area contributed by atoms with E-state index < -0.39 is 14.8 Å². The van der Waals surface area contributed by atoms with Gasteiger partial charge in [-0.05, 0) is 47.0 Å². The maximum absolute atomic E-state index is 12.0. The van der Waals surface area contributed by atoms with Gasteiger partial charge in [-0.25, -0.2) is 18.1 Å². The summed E-state index contributed by atoms with van der Waals surface area (Å²) in [6.45, 7) is 9.70. The maximum atomic E-state index is 12.0. The van der Waals surface area contributed by atoms with Gasteiger partial charge < -0.3 is 4.74 Å². The first-order valence-corrected chi connectivity index (χ1v) is 10.8. The Morgan fingerprint density at radius 2 is 1.89 bits per heavy atom. The number of anilines is 1. The summed E-state index contributed by atoms with van der Waals surface area (Å²) in [5, 5.41) is 2.67. The number of sulfonamides is 1. The lowest BCUT2D eigenvalue weighted by Gasteiger charge is -2.19. The van der Waals surface area contributed by atoms with Crippen LogP contribution in [0.5, 0.6) is 5.88 Å². The number of aromatic nitrogens is 2. The molecule has 27 heavy (non-hydrogen) atoms. The van der Waals surface area contributed by atoms with Gasteiger partial charge in [-0.3, -0.25) is 10.1 Å². The third-order valence-electron chi connectivity index (χ3n) is 3.76. The minimum Gasteiger partial charge on any atom is -0.478 e. The summed E-state index contributed by atoms with van der Waals surface area (Å²) in [6.07, 6.45) is 3.36. The van der Waals surface area contributed by atoms with E-state index in [2.05, 4.69) is 26.9 Å². The number of hydrogen-bond acceptors (Lipinski definition) is 6. The number of carbonyl (C=O) groups excluding carboxylic acids is 1. The highest BCUT2D eigenvalue weighted by Crippen LogP contribution is 2.14. The first-order valence-electron chi connectivity index (χ1n) is 9.32. The SMILES string of the molecule is CCCCOc1cc(C)nc(NC(=O)CCCCNS(=O)(=O)C(C)(C)C)n1. The smallest absolute Gasteiger partial charge is 0.232 e. The number of nitrogens with zero attached hydrogens (tertiary/aromatic N) is 2. The summed E-state index contributed by atoms with van der Waals surface area (Å²) < 4.78 is 31.1. The Morgan fingerprint density at radius 1 is 1.19 bits per heavy atom. The van der Waals surface area contributed by atoms with Gasteiger partial charge in [0, 0.05) is 24.7 Å². The Balaban J connectivity index is 2.40. The second-order valence-electron chi connectivity index (χ2n) is 7.39. The van der Waals surface area contributed by atoms with E-state index in [-0.39, 0.29) is 18.3 Å². The summed E-state index contributed by atoms with van der Waals surface area (Å²) in [6, 6.07) is 1.73. The summed E-state index contributed by atoms with van der Waals surface area (Å²) >= 11 is 0. The van der Waals surface area contributed by atoms with Crippen molar-refractivity contribution in [1.82, 2.24) is 14.7 Å². The monoisotopic (exact) mass is 400 g/mol. The van der Waals surface area contributed by atoms with Crippen LogP contribution in [0, 0.1) is 6.92 Å². The molecule has 1 amide bonds. The Morgan fingerprint density at radius 3 is 2.52 bits per heavy atom. The van der Waals surface area contributed by atoms with Gasteiger partial charge in [0.1, 0.15) is 0 Å². The van der Waals surface area contributed by atoms with E-state index in [1.54, 1.807) is 26.8 Å². The normalized spacial score (nSPS) is 12.0. The predicted octanol–water partition coefficient (Wildman–Crippen LogP) is 2.79. The molecule has 2 N–H and O–H groups in total. The number of carbonyl (C=O) groups is 1. The van der Waals surface area contributed by atoms with Crippen LogP contribution in [0.15, 0.2) is 6.07 Å². The highest BCUT2D eigenvalue weighted by molar-refractivity contribution is 7.90. The van der Waals surface area contributed by atoms with Crippen molar-refractivity contribution in [2.45, 2.75) is 71.5 Å². The van der Waals surface area contributed by atoms with Crippen molar-refractivity contribution in [2.75, 3.05) is 18.5 Å². The number of unbranched alkanes of at least 4 members (excludes halogenated alkanes) is 2. The highest BCUT2D eigenvalue weighted by atomic mass is 32.2. The molecule has 0 aromatic carbocycles. The zero-order valence-corrected chi connectivity index (χ0v) is 17.8.